The maximum atomic E-state index is 12.4. The minimum absolute atomic E-state index is 0.338. The molecule has 0 spiro atoms. The highest BCUT2D eigenvalue weighted by molar-refractivity contribution is 7.11. The molecule has 0 atom stereocenters. The summed E-state index contributed by atoms with van der Waals surface area (Å²) >= 11 is 7.34. The topological polar surface area (TPSA) is 66.9 Å². The van der Waals surface area contributed by atoms with Crippen LogP contribution in [0.2, 0.25) is 5.02 Å². The highest BCUT2D eigenvalue weighted by Gasteiger charge is 2.14. The zero-order valence-corrected chi connectivity index (χ0v) is 16.3. The predicted octanol–water partition coefficient (Wildman–Crippen LogP) is 5.94. The van der Waals surface area contributed by atoms with Crippen LogP contribution >= 0.6 is 22.9 Å². The van der Waals surface area contributed by atoms with Crippen LogP contribution in [0.25, 0.3) is 33.9 Å². The van der Waals surface area contributed by atoms with Gasteiger partial charge >= 0.3 is 5.63 Å². The van der Waals surface area contributed by atoms with Crippen LogP contribution in [0.4, 0.5) is 0 Å². The lowest BCUT2D eigenvalue weighted by Gasteiger charge is -2.00. The lowest BCUT2D eigenvalue weighted by Crippen LogP contribution is -2.02. The van der Waals surface area contributed by atoms with E-state index in [2.05, 4.69) is 11.1 Å². The molecule has 0 unspecified atom stereocenters. The van der Waals surface area contributed by atoms with E-state index in [1.54, 1.807) is 35.7 Å². The molecule has 0 aliphatic heterocycles. The molecule has 28 heavy (non-hydrogen) atoms. The normalized spacial score (nSPS) is 11.5. The molecule has 6 heteroatoms. The number of nitrogens with zero attached hydrogens (tertiary/aromatic N) is 2. The number of benzene rings is 2. The van der Waals surface area contributed by atoms with Crippen molar-refractivity contribution < 1.29 is 4.42 Å². The predicted molar refractivity (Wildman–Crippen MR) is 113 cm³/mol. The summed E-state index contributed by atoms with van der Waals surface area (Å²) in [6.07, 6.45) is 1.78. The fourth-order valence-corrected chi connectivity index (χ4v) is 3.73. The van der Waals surface area contributed by atoms with Crippen LogP contribution in [0.3, 0.4) is 0 Å². The van der Waals surface area contributed by atoms with Gasteiger partial charge in [-0.15, -0.1) is 11.3 Å². The van der Waals surface area contributed by atoms with Gasteiger partial charge in [0.25, 0.3) is 0 Å². The first-order chi connectivity index (χ1) is 13.5. The minimum atomic E-state index is -0.479. The summed E-state index contributed by atoms with van der Waals surface area (Å²) in [5, 5.41) is 13.1. The summed E-state index contributed by atoms with van der Waals surface area (Å²) in [6, 6.07) is 16.8. The number of halogens is 1. The number of aromatic nitrogens is 1. The Balaban J connectivity index is 1.75. The van der Waals surface area contributed by atoms with E-state index in [0.717, 1.165) is 11.1 Å². The summed E-state index contributed by atoms with van der Waals surface area (Å²) in [7, 11) is 0. The molecule has 4 rings (SSSR count). The molecule has 2 heterocycles. The maximum absolute atomic E-state index is 12.4. The Bertz CT molecular complexity index is 1310. The van der Waals surface area contributed by atoms with Crippen molar-refractivity contribution in [2.24, 2.45) is 0 Å². The third-order valence-corrected chi connectivity index (χ3v) is 5.32. The van der Waals surface area contributed by atoms with Gasteiger partial charge in [0.1, 0.15) is 16.7 Å². The number of aryl methyl sites for hydroxylation is 1. The highest BCUT2D eigenvalue weighted by Crippen LogP contribution is 2.28. The number of hydrogen-bond donors (Lipinski definition) is 0. The molecule has 0 N–H and O–H groups in total. The Labute approximate surface area is 170 Å². The van der Waals surface area contributed by atoms with E-state index in [4.69, 9.17) is 16.0 Å². The Morgan fingerprint density at radius 3 is 2.75 bits per heavy atom. The SMILES string of the molecule is Cc1ccc(/C=C(\C#N)c2nc(-c3cc4cc(Cl)ccc4oc3=O)cs2)cc1. The third-order valence-electron chi connectivity index (χ3n) is 4.21. The molecule has 0 fully saturated rings. The second-order valence-corrected chi connectivity index (χ2v) is 7.54. The van der Waals surface area contributed by atoms with Crippen LogP contribution < -0.4 is 5.63 Å². The summed E-state index contributed by atoms with van der Waals surface area (Å²) in [6.45, 7) is 2.01. The first kappa shape index (κ1) is 18.2. The summed E-state index contributed by atoms with van der Waals surface area (Å²) in [5.74, 6) is 0. The quantitative estimate of drug-likeness (QED) is 0.313. The minimum Gasteiger partial charge on any atom is -0.422 e. The number of hydrogen-bond acceptors (Lipinski definition) is 5. The molecule has 0 bridgehead atoms. The molecule has 0 radical (unpaired) electrons. The highest BCUT2D eigenvalue weighted by atomic mass is 35.5. The van der Waals surface area contributed by atoms with E-state index in [1.807, 2.05) is 31.2 Å². The number of nitriles is 1. The van der Waals surface area contributed by atoms with E-state index in [-0.39, 0.29) is 0 Å². The van der Waals surface area contributed by atoms with Gasteiger partial charge in [-0.25, -0.2) is 9.78 Å². The van der Waals surface area contributed by atoms with Gasteiger partial charge in [-0.1, -0.05) is 41.4 Å². The van der Waals surface area contributed by atoms with Crippen molar-refractivity contribution in [1.82, 2.24) is 4.98 Å². The molecule has 2 aromatic carbocycles. The lowest BCUT2D eigenvalue weighted by molar-refractivity contribution is 0.563. The maximum Gasteiger partial charge on any atom is 0.345 e. The van der Waals surface area contributed by atoms with Crippen molar-refractivity contribution in [3.63, 3.8) is 0 Å². The molecule has 0 saturated heterocycles. The smallest absolute Gasteiger partial charge is 0.345 e. The largest absolute Gasteiger partial charge is 0.422 e. The Morgan fingerprint density at radius 2 is 2.00 bits per heavy atom. The van der Waals surface area contributed by atoms with Gasteiger partial charge in [0.2, 0.25) is 0 Å². The zero-order valence-electron chi connectivity index (χ0n) is 14.8. The monoisotopic (exact) mass is 404 g/mol. The van der Waals surface area contributed by atoms with Crippen LogP contribution in [0, 0.1) is 18.3 Å². The van der Waals surface area contributed by atoms with Crippen molar-refractivity contribution in [3.8, 4) is 17.3 Å². The number of rotatable bonds is 3. The molecule has 4 aromatic rings. The van der Waals surface area contributed by atoms with Crippen LogP contribution in [0.5, 0.6) is 0 Å². The molecule has 2 aromatic heterocycles. The van der Waals surface area contributed by atoms with Gasteiger partial charge < -0.3 is 4.42 Å². The van der Waals surface area contributed by atoms with Gasteiger partial charge in [0.05, 0.1) is 16.8 Å². The van der Waals surface area contributed by atoms with Crippen LogP contribution in [-0.2, 0) is 0 Å². The van der Waals surface area contributed by atoms with Gasteiger partial charge in [0, 0.05) is 15.8 Å². The standard InChI is InChI=1S/C22H13ClN2O2S/c1-13-2-4-14(5-3-13)8-16(11-24)21-25-19(12-28-21)18-10-15-9-17(23)6-7-20(15)27-22(18)26/h2-10,12H,1H3/b16-8+. The van der Waals surface area contributed by atoms with Crippen LogP contribution in [-0.4, -0.2) is 4.98 Å². The van der Waals surface area contributed by atoms with Gasteiger partial charge in [0.15, 0.2) is 0 Å². The second-order valence-electron chi connectivity index (χ2n) is 6.25. The lowest BCUT2D eigenvalue weighted by atomic mass is 10.1. The van der Waals surface area contributed by atoms with Crippen molar-refractivity contribution in [3.05, 3.63) is 85.5 Å². The average Bonchev–Trinajstić information content (AvgIpc) is 3.17. The zero-order chi connectivity index (χ0) is 19.7. The first-order valence-corrected chi connectivity index (χ1v) is 9.67. The molecule has 0 saturated carbocycles. The number of allylic oxidation sites excluding steroid dienone is 1. The Kier molecular flexibility index (Phi) is 4.82. The Morgan fingerprint density at radius 1 is 1.21 bits per heavy atom. The van der Waals surface area contributed by atoms with Crippen molar-refractivity contribution in [2.45, 2.75) is 6.92 Å². The second kappa shape index (κ2) is 7.43. The van der Waals surface area contributed by atoms with Gasteiger partial charge in [-0.3, -0.25) is 0 Å². The van der Waals surface area contributed by atoms with E-state index in [9.17, 15) is 10.1 Å². The third kappa shape index (κ3) is 3.61. The van der Waals surface area contributed by atoms with Gasteiger partial charge in [-0.05, 0) is 42.8 Å². The molecule has 0 aliphatic carbocycles. The summed E-state index contributed by atoms with van der Waals surface area (Å²) in [4.78, 5) is 16.9. The summed E-state index contributed by atoms with van der Waals surface area (Å²) in [5.41, 5.74) is 3.30. The van der Waals surface area contributed by atoms with Crippen LogP contribution in [0.15, 0.2) is 63.1 Å². The molecular weight excluding hydrogens is 392 g/mol. The molecule has 4 nitrogen and oxygen atoms in total. The van der Waals surface area contributed by atoms with Crippen molar-refractivity contribution in [1.29, 1.82) is 5.26 Å². The molecule has 0 aliphatic rings. The average molecular weight is 405 g/mol. The molecule has 136 valence electrons. The molecule has 0 amide bonds. The Hall–Kier alpha value is -3.20. The fraction of sp³-hybridized carbons (Fsp3) is 0.0455. The summed E-state index contributed by atoms with van der Waals surface area (Å²) < 4.78 is 5.38. The van der Waals surface area contributed by atoms with Gasteiger partial charge in [-0.2, -0.15) is 5.26 Å². The van der Waals surface area contributed by atoms with E-state index >= 15 is 0 Å². The van der Waals surface area contributed by atoms with E-state index in [1.165, 1.54) is 11.3 Å². The van der Waals surface area contributed by atoms with E-state index < -0.39 is 5.63 Å². The number of thiazole rings is 1. The fourth-order valence-electron chi connectivity index (χ4n) is 2.77. The number of fused-ring (bicyclic) bond motifs is 1. The van der Waals surface area contributed by atoms with Crippen molar-refractivity contribution in [2.75, 3.05) is 0 Å². The first-order valence-electron chi connectivity index (χ1n) is 8.41. The molecular formula is C22H13ClN2O2S. The van der Waals surface area contributed by atoms with Crippen LogP contribution in [0.1, 0.15) is 16.1 Å². The van der Waals surface area contributed by atoms with E-state index in [0.29, 0.717) is 37.8 Å². The van der Waals surface area contributed by atoms with Crippen molar-refractivity contribution >= 4 is 45.6 Å².